The van der Waals surface area contributed by atoms with Gasteiger partial charge >= 0.3 is 0 Å². The van der Waals surface area contributed by atoms with E-state index in [4.69, 9.17) is 19.9 Å². The zero-order chi connectivity index (χ0) is 21.3. The average molecular weight is 423 g/mol. The number of nitrogen functional groups attached to an aromatic ring is 1. The van der Waals surface area contributed by atoms with Crippen LogP contribution < -0.4 is 25.3 Å². The van der Waals surface area contributed by atoms with Crippen LogP contribution >= 0.6 is 11.3 Å². The zero-order valence-electron chi connectivity index (χ0n) is 16.8. The van der Waals surface area contributed by atoms with Crippen molar-refractivity contribution < 1.29 is 19.0 Å². The summed E-state index contributed by atoms with van der Waals surface area (Å²) in [5, 5.41) is 4.54. The molecule has 0 unspecified atom stereocenters. The molecule has 1 amide bonds. The largest absolute Gasteiger partial charge is 0.497 e. The summed E-state index contributed by atoms with van der Waals surface area (Å²) in [5.74, 6) is 1.56. The Morgan fingerprint density at radius 1 is 1.10 bits per heavy atom. The van der Waals surface area contributed by atoms with E-state index in [1.807, 2.05) is 31.2 Å². The van der Waals surface area contributed by atoms with Crippen LogP contribution in [0.25, 0.3) is 21.1 Å². The smallest absolute Gasteiger partial charge is 0.268 e. The number of aromatic nitrogens is 1. The van der Waals surface area contributed by atoms with Crippen LogP contribution in [0.3, 0.4) is 0 Å². The predicted molar refractivity (Wildman–Crippen MR) is 120 cm³/mol. The highest BCUT2D eigenvalue weighted by atomic mass is 32.1. The number of hydrogen-bond donors (Lipinski definition) is 2. The summed E-state index contributed by atoms with van der Waals surface area (Å²) in [5.41, 5.74) is 8.04. The number of pyridine rings is 1. The second-order valence-corrected chi connectivity index (χ2v) is 7.49. The molecule has 3 N–H and O–H groups in total. The third-order valence-corrected chi connectivity index (χ3v) is 5.78. The summed E-state index contributed by atoms with van der Waals surface area (Å²) in [7, 11) is 3.10. The number of carbonyl (C=O) groups is 1. The standard InChI is InChI=1S/C22H21N3O4S/c1-4-29-14-6-5-12-9-15-19(23)20(30-22(15)25-17(12)10-14)21(26)24-16-8-7-13(27-2)11-18(16)28-3/h5-11H,4,23H2,1-3H3,(H,24,26). The molecule has 0 fully saturated rings. The van der Waals surface area contributed by atoms with Crippen molar-refractivity contribution in [2.45, 2.75) is 6.92 Å². The molecule has 0 radical (unpaired) electrons. The van der Waals surface area contributed by atoms with Gasteiger partial charge in [0, 0.05) is 22.9 Å². The van der Waals surface area contributed by atoms with E-state index in [1.165, 1.54) is 18.4 Å². The zero-order valence-corrected chi connectivity index (χ0v) is 17.6. The number of carbonyl (C=O) groups excluding carboxylic acids is 1. The van der Waals surface area contributed by atoms with Gasteiger partial charge in [-0.15, -0.1) is 11.3 Å². The van der Waals surface area contributed by atoms with Gasteiger partial charge in [-0.25, -0.2) is 4.98 Å². The van der Waals surface area contributed by atoms with Crippen molar-refractivity contribution in [1.29, 1.82) is 0 Å². The Morgan fingerprint density at radius 2 is 1.90 bits per heavy atom. The number of nitrogens with zero attached hydrogens (tertiary/aromatic N) is 1. The van der Waals surface area contributed by atoms with Gasteiger partial charge in [0.05, 0.1) is 37.7 Å². The molecular weight excluding hydrogens is 402 g/mol. The van der Waals surface area contributed by atoms with Gasteiger partial charge in [-0.1, -0.05) is 0 Å². The number of rotatable bonds is 6. The van der Waals surface area contributed by atoms with Crippen molar-refractivity contribution in [3.8, 4) is 17.2 Å². The second-order valence-electron chi connectivity index (χ2n) is 6.49. The number of benzene rings is 2. The monoisotopic (exact) mass is 423 g/mol. The van der Waals surface area contributed by atoms with Crippen LogP contribution in [-0.2, 0) is 0 Å². The molecule has 7 nitrogen and oxygen atoms in total. The lowest BCUT2D eigenvalue weighted by Crippen LogP contribution is -2.12. The molecule has 0 saturated heterocycles. The van der Waals surface area contributed by atoms with Gasteiger partial charge in [-0.2, -0.15) is 0 Å². The number of nitrogens with two attached hydrogens (primary N) is 1. The van der Waals surface area contributed by atoms with Gasteiger partial charge in [0.25, 0.3) is 5.91 Å². The van der Waals surface area contributed by atoms with Crippen LogP contribution in [-0.4, -0.2) is 31.7 Å². The van der Waals surface area contributed by atoms with Crippen molar-refractivity contribution >= 4 is 49.7 Å². The van der Waals surface area contributed by atoms with Gasteiger partial charge in [-0.3, -0.25) is 4.79 Å². The number of anilines is 2. The first kappa shape index (κ1) is 19.8. The molecule has 0 aliphatic rings. The molecule has 0 spiro atoms. The van der Waals surface area contributed by atoms with Gasteiger partial charge in [0.15, 0.2) is 0 Å². The van der Waals surface area contributed by atoms with E-state index in [0.29, 0.717) is 39.2 Å². The maximum absolute atomic E-state index is 12.9. The van der Waals surface area contributed by atoms with Crippen LogP contribution in [0.4, 0.5) is 11.4 Å². The van der Waals surface area contributed by atoms with E-state index >= 15 is 0 Å². The Bertz CT molecular complexity index is 1250. The van der Waals surface area contributed by atoms with Crippen molar-refractivity contribution in [3.05, 3.63) is 47.3 Å². The molecule has 8 heteroatoms. The first-order chi connectivity index (χ1) is 14.5. The van der Waals surface area contributed by atoms with E-state index in [0.717, 1.165) is 22.0 Å². The van der Waals surface area contributed by atoms with E-state index < -0.39 is 0 Å². The maximum atomic E-state index is 12.9. The van der Waals surface area contributed by atoms with Crippen molar-refractivity contribution in [2.75, 3.05) is 31.9 Å². The van der Waals surface area contributed by atoms with E-state index in [-0.39, 0.29) is 5.91 Å². The van der Waals surface area contributed by atoms with Crippen LogP contribution in [0.2, 0.25) is 0 Å². The summed E-state index contributed by atoms with van der Waals surface area (Å²) in [6.07, 6.45) is 0. The molecular formula is C22H21N3O4S. The van der Waals surface area contributed by atoms with Gasteiger partial charge in [0.2, 0.25) is 0 Å². The highest BCUT2D eigenvalue weighted by Crippen LogP contribution is 2.36. The average Bonchev–Trinajstić information content (AvgIpc) is 3.08. The summed E-state index contributed by atoms with van der Waals surface area (Å²) >= 11 is 1.25. The number of fused-ring (bicyclic) bond motifs is 2. The fraction of sp³-hybridized carbons (Fsp3) is 0.182. The normalized spacial score (nSPS) is 10.9. The lowest BCUT2D eigenvalue weighted by Gasteiger charge is -2.11. The Balaban J connectivity index is 1.70. The molecule has 0 bridgehead atoms. The fourth-order valence-electron chi connectivity index (χ4n) is 3.18. The number of hydrogen-bond acceptors (Lipinski definition) is 7. The summed E-state index contributed by atoms with van der Waals surface area (Å²) < 4.78 is 16.1. The maximum Gasteiger partial charge on any atom is 0.268 e. The minimum atomic E-state index is -0.321. The highest BCUT2D eigenvalue weighted by molar-refractivity contribution is 7.21. The van der Waals surface area contributed by atoms with Crippen LogP contribution in [0.5, 0.6) is 17.2 Å². The first-order valence-electron chi connectivity index (χ1n) is 9.33. The Labute approximate surface area is 177 Å². The molecule has 154 valence electrons. The Hall–Kier alpha value is -3.52. The topological polar surface area (TPSA) is 95.7 Å². The highest BCUT2D eigenvalue weighted by Gasteiger charge is 2.19. The molecule has 0 aliphatic heterocycles. The second kappa shape index (κ2) is 8.08. The minimum absolute atomic E-state index is 0.321. The summed E-state index contributed by atoms with van der Waals surface area (Å²) in [6.45, 7) is 2.52. The molecule has 2 aromatic carbocycles. The lowest BCUT2D eigenvalue weighted by molar-refractivity contribution is 0.103. The third-order valence-electron chi connectivity index (χ3n) is 4.66. The van der Waals surface area contributed by atoms with Gasteiger partial charge < -0.3 is 25.3 Å². The molecule has 4 rings (SSSR count). The lowest BCUT2D eigenvalue weighted by atomic mass is 10.1. The Morgan fingerprint density at radius 3 is 2.63 bits per heavy atom. The molecule has 4 aromatic rings. The number of nitrogens with one attached hydrogen (secondary N) is 1. The van der Waals surface area contributed by atoms with Crippen LogP contribution in [0, 0.1) is 0 Å². The molecule has 2 heterocycles. The molecule has 0 saturated carbocycles. The summed E-state index contributed by atoms with van der Waals surface area (Å²) in [4.78, 5) is 18.7. The van der Waals surface area contributed by atoms with Crippen LogP contribution in [0.1, 0.15) is 16.6 Å². The summed E-state index contributed by atoms with van der Waals surface area (Å²) in [6, 6.07) is 12.8. The van der Waals surface area contributed by atoms with E-state index in [2.05, 4.69) is 10.3 Å². The number of thiophene rings is 1. The predicted octanol–water partition coefficient (Wildman–Crippen LogP) is 4.70. The molecule has 30 heavy (non-hydrogen) atoms. The number of ether oxygens (including phenoxy) is 3. The first-order valence-corrected chi connectivity index (χ1v) is 10.1. The molecule has 0 atom stereocenters. The van der Waals surface area contributed by atoms with Gasteiger partial charge in [-0.05, 0) is 37.3 Å². The SMILES string of the molecule is CCOc1ccc2cc3c(N)c(C(=O)Nc4ccc(OC)cc4OC)sc3nc2c1. The fourth-order valence-corrected chi connectivity index (χ4v) is 4.16. The van der Waals surface area contributed by atoms with Crippen LogP contribution in [0.15, 0.2) is 42.5 Å². The van der Waals surface area contributed by atoms with E-state index in [1.54, 1.807) is 25.3 Å². The van der Waals surface area contributed by atoms with Gasteiger partial charge in [0.1, 0.15) is 27.0 Å². The third kappa shape index (κ3) is 3.57. The minimum Gasteiger partial charge on any atom is -0.497 e. The Kier molecular flexibility index (Phi) is 5.33. The molecule has 0 aliphatic carbocycles. The van der Waals surface area contributed by atoms with Crippen molar-refractivity contribution in [1.82, 2.24) is 4.98 Å². The number of methoxy groups -OCH3 is 2. The quantitative estimate of drug-likeness (QED) is 0.467. The number of amides is 1. The van der Waals surface area contributed by atoms with Crippen molar-refractivity contribution in [3.63, 3.8) is 0 Å². The molecule has 2 aromatic heterocycles. The van der Waals surface area contributed by atoms with E-state index in [9.17, 15) is 4.79 Å². The van der Waals surface area contributed by atoms with Crippen molar-refractivity contribution in [2.24, 2.45) is 0 Å².